The molecule has 1 fully saturated rings. The smallest absolute Gasteiger partial charge is 0.347 e. The third kappa shape index (κ3) is 5.28. The molecule has 2 aliphatic heterocycles. The molecule has 0 spiro atoms. The molecule has 16 heteroatoms. The van der Waals surface area contributed by atoms with Crippen molar-refractivity contribution in [1.29, 1.82) is 0 Å². The van der Waals surface area contributed by atoms with E-state index in [-0.39, 0.29) is 27.8 Å². The molecule has 0 aliphatic carbocycles. The van der Waals surface area contributed by atoms with Crippen LogP contribution in [0.2, 0.25) is 0 Å². The summed E-state index contributed by atoms with van der Waals surface area (Å²) in [4.78, 5) is 58.0. The van der Waals surface area contributed by atoms with Crippen molar-refractivity contribution in [2.75, 3.05) is 11.5 Å². The lowest BCUT2D eigenvalue weighted by Crippen LogP contribution is -2.69. The number of carbonyl (C=O) groups is 4. The summed E-state index contributed by atoms with van der Waals surface area (Å²) in [5.41, 5.74) is 6.29. The fraction of sp³-hybridized carbons (Fsp3) is 0.300. The number of thioether (sulfide) groups is 1. The number of carboxylic acid groups (broad SMARTS) is 2. The molecule has 1 saturated heterocycles. The highest BCUT2D eigenvalue weighted by Crippen LogP contribution is 2.36. The molecule has 14 nitrogen and oxygen atoms in total. The largest absolute Gasteiger partial charge is 0.478 e. The molecule has 0 saturated carbocycles. The van der Waals surface area contributed by atoms with Gasteiger partial charge in [-0.05, 0) is 6.92 Å². The first-order valence-electron chi connectivity index (χ1n) is 10.4. The lowest BCUT2D eigenvalue weighted by Gasteiger charge is -2.47. The highest BCUT2D eigenvalue weighted by molar-refractivity contribution is 8.00. The van der Waals surface area contributed by atoms with Gasteiger partial charge in [-0.2, -0.15) is 9.36 Å². The van der Waals surface area contributed by atoms with Crippen molar-refractivity contribution >= 4 is 57.9 Å². The molecule has 4 rings (SSSR count). The van der Waals surface area contributed by atoms with Crippen molar-refractivity contribution in [2.45, 2.75) is 31.0 Å². The first-order chi connectivity index (χ1) is 17.1. The minimum absolute atomic E-state index is 0.0682. The molecule has 188 valence electrons. The number of rotatable bonds is 9. The first kappa shape index (κ1) is 25.1. The number of pyridine rings is 1. The number of nitrogens with zero attached hydrogens (tertiary/aromatic N) is 5. The van der Waals surface area contributed by atoms with Crippen LogP contribution in [0.25, 0.3) is 0 Å². The number of nitrogens with two attached hydrogens (primary N) is 1. The number of hydrogen-bond acceptors (Lipinski definition) is 11. The van der Waals surface area contributed by atoms with Gasteiger partial charge in [-0.1, -0.05) is 5.16 Å². The van der Waals surface area contributed by atoms with Gasteiger partial charge in [-0.3, -0.25) is 9.59 Å². The van der Waals surface area contributed by atoms with Crippen molar-refractivity contribution in [3.63, 3.8) is 0 Å². The Morgan fingerprint density at radius 3 is 2.69 bits per heavy atom. The van der Waals surface area contributed by atoms with Gasteiger partial charge in [0.2, 0.25) is 17.6 Å². The molecule has 2 aliphatic rings. The summed E-state index contributed by atoms with van der Waals surface area (Å²) in [5.74, 6) is -3.02. The van der Waals surface area contributed by atoms with Gasteiger partial charge in [-0.15, -0.1) is 11.8 Å². The van der Waals surface area contributed by atoms with Crippen molar-refractivity contribution in [3.8, 4) is 0 Å². The number of aromatic carboxylic acids is 1. The number of carboxylic acids is 2. The lowest BCUT2D eigenvalue weighted by molar-refractivity contribution is -0.689. The van der Waals surface area contributed by atoms with Crippen LogP contribution in [0.15, 0.2) is 41.5 Å². The van der Waals surface area contributed by atoms with E-state index in [1.807, 2.05) is 0 Å². The van der Waals surface area contributed by atoms with Crippen LogP contribution >= 0.6 is 23.3 Å². The highest BCUT2D eigenvalue weighted by atomic mass is 32.2. The number of nitrogens with one attached hydrogen (secondary N) is 1. The molecular formula is C20H20N7O7S2+. The zero-order valence-electron chi connectivity index (χ0n) is 18.6. The van der Waals surface area contributed by atoms with Gasteiger partial charge in [0.05, 0.1) is 5.56 Å². The Kier molecular flexibility index (Phi) is 7.16. The van der Waals surface area contributed by atoms with E-state index in [4.69, 9.17) is 20.8 Å². The van der Waals surface area contributed by atoms with Crippen LogP contribution in [0.4, 0.5) is 5.13 Å². The maximum atomic E-state index is 12.9. The van der Waals surface area contributed by atoms with Crippen molar-refractivity contribution < 1.29 is 38.8 Å². The van der Waals surface area contributed by atoms with Crippen LogP contribution in [0.5, 0.6) is 0 Å². The van der Waals surface area contributed by atoms with Gasteiger partial charge >= 0.3 is 11.9 Å². The van der Waals surface area contributed by atoms with E-state index in [2.05, 4.69) is 19.8 Å². The van der Waals surface area contributed by atoms with Gasteiger partial charge in [0.15, 0.2) is 24.1 Å². The number of carbonyl (C=O) groups excluding carboxylic acids is 2. The van der Waals surface area contributed by atoms with Gasteiger partial charge < -0.3 is 31.0 Å². The van der Waals surface area contributed by atoms with Crippen LogP contribution in [0.3, 0.4) is 0 Å². The Hall–Kier alpha value is -4.05. The second kappa shape index (κ2) is 10.3. The maximum Gasteiger partial charge on any atom is 0.347 e. The van der Waals surface area contributed by atoms with E-state index in [0.29, 0.717) is 12.3 Å². The monoisotopic (exact) mass is 534 g/mol. The normalized spacial score (nSPS) is 20.0. The van der Waals surface area contributed by atoms with Crippen LogP contribution in [0, 0.1) is 0 Å². The maximum absolute atomic E-state index is 12.9. The molecule has 4 heterocycles. The third-order valence-electron chi connectivity index (χ3n) is 5.17. The Morgan fingerprint density at radius 1 is 1.36 bits per heavy atom. The summed E-state index contributed by atoms with van der Waals surface area (Å²) in [7, 11) is 0. The minimum Gasteiger partial charge on any atom is -0.478 e. The molecule has 3 atom stereocenters. The summed E-state index contributed by atoms with van der Waals surface area (Å²) in [6.45, 7) is 1.70. The van der Waals surface area contributed by atoms with Gasteiger partial charge in [0.1, 0.15) is 11.4 Å². The molecule has 2 unspecified atom stereocenters. The molecule has 2 aromatic rings. The van der Waals surface area contributed by atoms with E-state index in [1.165, 1.54) is 35.7 Å². The van der Waals surface area contributed by atoms with Gasteiger partial charge in [0.25, 0.3) is 11.8 Å². The number of hydrogen-bond donors (Lipinski definition) is 4. The Morgan fingerprint density at radius 2 is 2.08 bits per heavy atom. The number of anilines is 1. The average Bonchev–Trinajstić information content (AvgIpc) is 3.28. The van der Waals surface area contributed by atoms with E-state index < -0.39 is 35.7 Å². The standard InChI is InChI=1S/C20H19N7O7S2/c1-9(18(30)31)34-24-12(14-23-20(21)36-25-14)15(28)22-13-16(29)27-7-10(8-35-17(13)27)6-26-4-2-11(3-5-26)19(32)33/h2-5,7,9,13,17H,6,8H2,1H3,(H4-,21,22,23,25,28,30,31,32,33)/p+1/b24-12-/t9?,13?,17-/m1/s1. The van der Waals surface area contributed by atoms with Crippen LogP contribution < -0.4 is 15.6 Å². The van der Waals surface area contributed by atoms with Gasteiger partial charge in [0, 0.05) is 41.2 Å². The SMILES string of the molecule is CC(O/N=C(\C(=O)NC1C(=O)N2C=C(C[n+]3ccc(C(=O)O)cc3)CS[C@H]12)c1nsc(N)n1)C(=O)O. The zero-order chi connectivity index (χ0) is 26.0. The number of oxime groups is 1. The fourth-order valence-corrected chi connectivity index (χ4v) is 4.97. The Balaban J connectivity index is 1.42. The second-order valence-electron chi connectivity index (χ2n) is 7.73. The minimum atomic E-state index is -1.33. The summed E-state index contributed by atoms with van der Waals surface area (Å²) < 4.78 is 5.72. The molecule has 2 amide bonds. The number of amides is 2. The molecular weight excluding hydrogens is 514 g/mol. The van der Waals surface area contributed by atoms with Crippen LogP contribution in [-0.4, -0.2) is 77.2 Å². The van der Waals surface area contributed by atoms with E-state index >= 15 is 0 Å². The average molecular weight is 535 g/mol. The van der Waals surface area contributed by atoms with E-state index in [9.17, 15) is 19.2 Å². The summed E-state index contributed by atoms with van der Waals surface area (Å²) in [5, 5.41) is 23.9. The quantitative estimate of drug-likeness (QED) is 0.137. The predicted molar refractivity (Wildman–Crippen MR) is 126 cm³/mol. The number of fused-ring (bicyclic) bond motifs is 1. The predicted octanol–water partition coefficient (Wildman–Crippen LogP) is -0.716. The Bertz CT molecular complexity index is 1280. The highest BCUT2D eigenvalue weighted by Gasteiger charge is 2.50. The zero-order valence-corrected chi connectivity index (χ0v) is 20.2. The van der Waals surface area contributed by atoms with Crippen molar-refractivity contribution in [2.24, 2.45) is 5.16 Å². The van der Waals surface area contributed by atoms with Gasteiger partial charge in [-0.25, -0.2) is 14.2 Å². The first-order valence-corrected chi connectivity index (χ1v) is 12.2. The summed E-state index contributed by atoms with van der Waals surface area (Å²) in [6, 6.07) is 2.14. The molecule has 0 radical (unpaired) electrons. The molecule has 5 N–H and O–H groups in total. The molecule has 0 bridgehead atoms. The Labute approximate surface area is 211 Å². The van der Waals surface area contributed by atoms with E-state index in [0.717, 1.165) is 17.1 Å². The summed E-state index contributed by atoms with van der Waals surface area (Å²) >= 11 is 2.27. The second-order valence-corrected chi connectivity index (χ2v) is 9.62. The third-order valence-corrected chi connectivity index (χ3v) is 7.09. The fourth-order valence-electron chi connectivity index (χ4n) is 3.29. The molecule has 36 heavy (non-hydrogen) atoms. The number of β-lactam (4-membered cyclic amide) rings is 1. The molecule has 0 aromatic carbocycles. The lowest BCUT2D eigenvalue weighted by atomic mass is 10.1. The number of nitrogen functional groups attached to an aromatic ring is 1. The molecule has 2 aromatic heterocycles. The number of aromatic nitrogens is 3. The topological polar surface area (TPSA) is 201 Å². The van der Waals surface area contributed by atoms with Crippen molar-refractivity contribution in [1.82, 2.24) is 19.6 Å². The van der Waals surface area contributed by atoms with Crippen LogP contribution in [-0.2, 0) is 25.8 Å². The van der Waals surface area contributed by atoms with E-state index in [1.54, 1.807) is 23.2 Å². The van der Waals surface area contributed by atoms with Crippen molar-refractivity contribution in [3.05, 3.63) is 47.7 Å². The van der Waals surface area contributed by atoms with Crippen LogP contribution in [0.1, 0.15) is 23.1 Å². The summed E-state index contributed by atoms with van der Waals surface area (Å²) in [6.07, 6.45) is 3.69. The number of aliphatic carboxylic acids is 1.